The van der Waals surface area contributed by atoms with Crippen LogP contribution < -0.4 is 5.32 Å². The van der Waals surface area contributed by atoms with Gasteiger partial charge in [-0.3, -0.25) is 4.79 Å². The molecule has 0 aliphatic carbocycles. The van der Waals surface area contributed by atoms with E-state index in [1.807, 2.05) is 13.8 Å². The van der Waals surface area contributed by atoms with Crippen LogP contribution in [0.5, 0.6) is 0 Å². The fourth-order valence-electron chi connectivity index (χ4n) is 1.55. The molecular formula is C9H17INO2+. The van der Waals surface area contributed by atoms with Gasteiger partial charge in [-0.15, -0.1) is 0 Å². The first-order valence-electron chi connectivity index (χ1n) is 4.72. The van der Waals surface area contributed by atoms with E-state index in [0.717, 1.165) is 25.9 Å². The van der Waals surface area contributed by atoms with E-state index in [9.17, 15) is 4.79 Å². The largest absolute Gasteiger partial charge is 0.453 e. The summed E-state index contributed by atoms with van der Waals surface area (Å²) >= 11 is 2.09. The summed E-state index contributed by atoms with van der Waals surface area (Å²) in [6.07, 6.45) is 2.14. The van der Waals surface area contributed by atoms with E-state index in [4.69, 9.17) is 4.74 Å². The summed E-state index contributed by atoms with van der Waals surface area (Å²) < 4.78 is 5.42. The van der Waals surface area contributed by atoms with Gasteiger partial charge in [0.2, 0.25) is 0 Å². The third kappa shape index (κ3) is 3.42. The Morgan fingerprint density at radius 1 is 1.69 bits per heavy atom. The Kier molecular flexibility index (Phi) is 3.97. The second-order valence-electron chi connectivity index (χ2n) is 3.87. The molecule has 1 fully saturated rings. The molecule has 2 unspecified atom stereocenters. The lowest BCUT2D eigenvalue weighted by Gasteiger charge is -2.31. The van der Waals surface area contributed by atoms with Crippen molar-refractivity contribution >= 4 is 28.6 Å². The maximum Gasteiger partial charge on any atom is 0.319 e. The summed E-state index contributed by atoms with van der Waals surface area (Å²) in [6, 6.07) is 0. The number of carbonyl (C=O) groups is 1. The quantitative estimate of drug-likeness (QED) is 0.457. The zero-order valence-electron chi connectivity index (χ0n) is 8.18. The molecule has 1 heterocycles. The Hall–Kier alpha value is 0.160. The zero-order chi connectivity index (χ0) is 9.90. The van der Waals surface area contributed by atoms with Crippen molar-refractivity contribution < 1.29 is 14.8 Å². The molecule has 13 heavy (non-hydrogen) atoms. The molecule has 2 N–H and O–H groups in total. The number of hydrogen-bond donors (Lipinski definition) is 1. The average molecular weight is 298 g/mol. The monoisotopic (exact) mass is 298 g/mol. The Labute approximate surface area is 92.7 Å². The molecule has 3 nitrogen and oxygen atoms in total. The van der Waals surface area contributed by atoms with Gasteiger partial charge in [-0.05, 0) is 20.3 Å². The molecule has 0 radical (unpaired) electrons. The summed E-state index contributed by atoms with van der Waals surface area (Å²) in [7, 11) is 0. The SMILES string of the molecule is CC(I)C(=O)OC1(C)CCC[NH2+]C1. The van der Waals surface area contributed by atoms with E-state index in [-0.39, 0.29) is 15.5 Å². The van der Waals surface area contributed by atoms with Crippen molar-refractivity contribution in [2.75, 3.05) is 13.1 Å². The normalized spacial score (nSPS) is 31.0. The molecule has 0 spiro atoms. The van der Waals surface area contributed by atoms with Crippen molar-refractivity contribution in [1.82, 2.24) is 0 Å². The number of halogens is 1. The van der Waals surface area contributed by atoms with Crippen molar-refractivity contribution in [2.45, 2.75) is 36.2 Å². The van der Waals surface area contributed by atoms with E-state index in [1.165, 1.54) is 0 Å². The number of piperidine rings is 1. The van der Waals surface area contributed by atoms with E-state index in [2.05, 4.69) is 27.9 Å². The molecule has 0 saturated carbocycles. The van der Waals surface area contributed by atoms with Crippen LogP contribution in [0.3, 0.4) is 0 Å². The Bertz CT molecular complexity index is 188. The maximum atomic E-state index is 11.4. The van der Waals surface area contributed by atoms with Gasteiger partial charge < -0.3 is 10.1 Å². The summed E-state index contributed by atoms with van der Waals surface area (Å²) in [4.78, 5) is 11.4. The van der Waals surface area contributed by atoms with Crippen LogP contribution in [-0.2, 0) is 9.53 Å². The number of quaternary nitrogens is 1. The fraction of sp³-hybridized carbons (Fsp3) is 0.889. The highest BCUT2D eigenvalue weighted by atomic mass is 127. The molecule has 1 saturated heterocycles. The number of esters is 1. The van der Waals surface area contributed by atoms with Gasteiger partial charge in [0.25, 0.3) is 0 Å². The molecule has 0 aromatic carbocycles. The maximum absolute atomic E-state index is 11.4. The molecule has 0 aromatic heterocycles. The van der Waals surface area contributed by atoms with Crippen LogP contribution in [0.4, 0.5) is 0 Å². The lowest BCUT2D eigenvalue weighted by atomic mass is 9.96. The van der Waals surface area contributed by atoms with Crippen LogP contribution in [-0.4, -0.2) is 28.6 Å². The van der Waals surface area contributed by atoms with Crippen LogP contribution in [0.2, 0.25) is 0 Å². The van der Waals surface area contributed by atoms with Gasteiger partial charge in [0.15, 0.2) is 5.60 Å². The zero-order valence-corrected chi connectivity index (χ0v) is 10.3. The molecule has 76 valence electrons. The number of hydrogen-bond acceptors (Lipinski definition) is 2. The third-order valence-corrected chi connectivity index (χ3v) is 2.87. The smallest absolute Gasteiger partial charge is 0.319 e. The lowest BCUT2D eigenvalue weighted by Crippen LogP contribution is -2.90. The first kappa shape index (κ1) is 11.2. The minimum atomic E-state index is -0.227. The van der Waals surface area contributed by atoms with E-state index in [1.54, 1.807) is 0 Å². The fourth-order valence-corrected chi connectivity index (χ4v) is 1.67. The molecule has 1 aliphatic rings. The van der Waals surface area contributed by atoms with E-state index in [0.29, 0.717) is 0 Å². The summed E-state index contributed by atoms with van der Waals surface area (Å²) in [5.74, 6) is -0.0848. The van der Waals surface area contributed by atoms with E-state index < -0.39 is 0 Å². The van der Waals surface area contributed by atoms with Crippen molar-refractivity contribution in [3.8, 4) is 0 Å². The van der Waals surface area contributed by atoms with Crippen LogP contribution in [0, 0.1) is 0 Å². The average Bonchev–Trinajstić information content (AvgIpc) is 2.04. The number of nitrogens with two attached hydrogens (primary N) is 1. The second kappa shape index (κ2) is 4.59. The Morgan fingerprint density at radius 2 is 2.38 bits per heavy atom. The van der Waals surface area contributed by atoms with Crippen molar-refractivity contribution in [3.05, 3.63) is 0 Å². The molecular weight excluding hydrogens is 281 g/mol. The predicted octanol–water partition coefficient (Wildman–Crippen LogP) is 0.469. The molecule has 2 atom stereocenters. The Balaban J connectivity index is 2.45. The second-order valence-corrected chi connectivity index (χ2v) is 5.74. The van der Waals surface area contributed by atoms with Gasteiger partial charge in [0, 0.05) is 6.42 Å². The van der Waals surface area contributed by atoms with Gasteiger partial charge in [0.1, 0.15) is 10.5 Å². The first-order valence-corrected chi connectivity index (χ1v) is 5.97. The molecule has 1 aliphatic heterocycles. The minimum absolute atomic E-state index is 0.0450. The highest BCUT2D eigenvalue weighted by Crippen LogP contribution is 2.19. The number of alkyl halides is 1. The van der Waals surface area contributed by atoms with Crippen molar-refractivity contribution in [1.29, 1.82) is 0 Å². The predicted molar refractivity (Wildman–Crippen MR) is 58.9 cm³/mol. The van der Waals surface area contributed by atoms with Crippen LogP contribution >= 0.6 is 22.6 Å². The molecule has 0 aromatic rings. The lowest BCUT2D eigenvalue weighted by molar-refractivity contribution is -0.675. The van der Waals surface area contributed by atoms with E-state index >= 15 is 0 Å². The van der Waals surface area contributed by atoms with Gasteiger partial charge in [-0.2, -0.15) is 0 Å². The summed E-state index contributed by atoms with van der Waals surface area (Å²) in [6.45, 7) is 5.95. The highest BCUT2D eigenvalue weighted by Gasteiger charge is 2.34. The standard InChI is InChI=1S/C9H16INO2/c1-7(10)8(12)13-9(2)4-3-5-11-6-9/h7,11H,3-6H2,1-2H3/p+1. The number of ether oxygens (including phenoxy) is 1. The van der Waals surface area contributed by atoms with Crippen LogP contribution in [0.15, 0.2) is 0 Å². The Morgan fingerprint density at radius 3 is 2.85 bits per heavy atom. The molecule has 4 heteroatoms. The number of rotatable bonds is 2. The van der Waals surface area contributed by atoms with Crippen molar-refractivity contribution in [3.63, 3.8) is 0 Å². The molecule has 1 rings (SSSR count). The van der Waals surface area contributed by atoms with Gasteiger partial charge in [0.05, 0.1) is 6.54 Å². The third-order valence-electron chi connectivity index (χ3n) is 2.36. The van der Waals surface area contributed by atoms with Crippen LogP contribution in [0.1, 0.15) is 26.7 Å². The minimum Gasteiger partial charge on any atom is -0.453 e. The van der Waals surface area contributed by atoms with Crippen LogP contribution in [0.25, 0.3) is 0 Å². The van der Waals surface area contributed by atoms with Gasteiger partial charge >= 0.3 is 5.97 Å². The molecule has 0 amide bonds. The van der Waals surface area contributed by atoms with Gasteiger partial charge in [-0.25, -0.2) is 0 Å². The molecule has 0 bridgehead atoms. The first-order chi connectivity index (χ1) is 6.03. The highest BCUT2D eigenvalue weighted by molar-refractivity contribution is 14.1. The summed E-state index contributed by atoms with van der Waals surface area (Å²) in [5.41, 5.74) is -0.227. The number of carbonyl (C=O) groups excluding carboxylic acids is 1. The van der Waals surface area contributed by atoms with Crippen molar-refractivity contribution in [2.24, 2.45) is 0 Å². The topological polar surface area (TPSA) is 42.9 Å². The van der Waals surface area contributed by atoms with Gasteiger partial charge in [-0.1, -0.05) is 22.6 Å². The summed E-state index contributed by atoms with van der Waals surface area (Å²) in [5, 5.41) is 2.22.